The Morgan fingerprint density at radius 1 is 1.25 bits per heavy atom. The molecular weight excluding hydrogens is 388 g/mol. The standard InChI is InChI=1S/C18H23F2N5O2S/c1-18(24(2)3)6-4-8-25(11-18)13-9-14(19)17(15(20)10-13)28(26,27)23-16-5-7-21-12-22-16/h5,7,9-10,12H,4,6,8,11H2,1-3H3,(H,21,22,23)/t18-/m0/s1. The molecule has 10 heteroatoms. The number of rotatable bonds is 5. The van der Waals surface area contributed by atoms with E-state index in [1.54, 1.807) is 0 Å². The first-order valence-electron chi connectivity index (χ1n) is 8.83. The predicted octanol–water partition coefficient (Wildman–Crippen LogP) is 2.48. The van der Waals surface area contributed by atoms with Crippen LogP contribution in [0.3, 0.4) is 0 Å². The van der Waals surface area contributed by atoms with Gasteiger partial charge >= 0.3 is 0 Å². The number of hydrogen-bond acceptors (Lipinski definition) is 6. The minimum Gasteiger partial charge on any atom is -0.370 e. The number of benzene rings is 1. The SMILES string of the molecule is CN(C)[C@@]1(C)CCCN(c2cc(F)c(S(=O)(=O)Nc3ccncn3)c(F)c2)C1. The molecule has 0 bridgehead atoms. The van der Waals surface area contributed by atoms with Gasteiger partial charge in [0.05, 0.1) is 0 Å². The molecule has 2 heterocycles. The Morgan fingerprint density at radius 3 is 2.50 bits per heavy atom. The highest BCUT2D eigenvalue weighted by molar-refractivity contribution is 7.92. The summed E-state index contributed by atoms with van der Waals surface area (Å²) in [6.45, 7) is 3.33. The molecule has 0 saturated carbocycles. The van der Waals surface area contributed by atoms with Gasteiger partial charge in [0.15, 0.2) is 4.90 Å². The number of sulfonamides is 1. The Labute approximate surface area is 163 Å². The third kappa shape index (κ3) is 4.07. The lowest BCUT2D eigenvalue weighted by Crippen LogP contribution is -2.54. The average molecular weight is 411 g/mol. The molecule has 152 valence electrons. The summed E-state index contributed by atoms with van der Waals surface area (Å²) < 4.78 is 56.3. The summed E-state index contributed by atoms with van der Waals surface area (Å²) in [4.78, 5) is 10.3. The van der Waals surface area contributed by atoms with E-state index in [9.17, 15) is 17.2 Å². The zero-order chi connectivity index (χ0) is 20.5. The fraction of sp³-hybridized carbons (Fsp3) is 0.444. The Hall–Kier alpha value is -2.33. The summed E-state index contributed by atoms with van der Waals surface area (Å²) in [5.41, 5.74) is 0.189. The quantitative estimate of drug-likeness (QED) is 0.815. The maximum atomic E-state index is 14.7. The van der Waals surface area contributed by atoms with Gasteiger partial charge < -0.3 is 9.80 Å². The molecular formula is C18H23F2N5O2S. The second-order valence-electron chi connectivity index (χ2n) is 7.36. The van der Waals surface area contributed by atoms with Crippen LogP contribution < -0.4 is 9.62 Å². The molecule has 0 amide bonds. The molecule has 1 saturated heterocycles. The topological polar surface area (TPSA) is 78.4 Å². The van der Waals surface area contributed by atoms with E-state index in [1.807, 2.05) is 19.0 Å². The molecule has 28 heavy (non-hydrogen) atoms. The van der Waals surface area contributed by atoms with E-state index in [0.29, 0.717) is 18.8 Å². The molecule has 2 aromatic rings. The van der Waals surface area contributed by atoms with Crippen molar-refractivity contribution in [1.82, 2.24) is 14.9 Å². The van der Waals surface area contributed by atoms with Crippen LogP contribution in [0.1, 0.15) is 19.8 Å². The van der Waals surface area contributed by atoms with Crippen molar-refractivity contribution in [3.63, 3.8) is 0 Å². The molecule has 0 unspecified atom stereocenters. The Bertz CT molecular complexity index is 933. The molecule has 1 aromatic heterocycles. The molecule has 1 atom stereocenters. The van der Waals surface area contributed by atoms with Gasteiger partial charge in [-0.05, 0) is 52.1 Å². The summed E-state index contributed by atoms with van der Waals surface area (Å²) in [7, 11) is -0.533. The van der Waals surface area contributed by atoms with E-state index < -0.39 is 26.6 Å². The number of nitrogens with zero attached hydrogens (tertiary/aromatic N) is 4. The van der Waals surface area contributed by atoms with Gasteiger partial charge in [0.1, 0.15) is 23.8 Å². The van der Waals surface area contributed by atoms with Crippen molar-refractivity contribution in [2.75, 3.05) is 36.8 Å². The highest BCUT2D eigenvalue weighted by Gasteiger charge is 2.34. The molecule has 1 aromatic carbocycles. The van der Waals surface area contributed by atoms with E-state index >= 15 is 0 Å². The van der Waals surface area contributed by atoms with E-state index in [-0.39, 0.29) is 11.4 Å². The summed E-state index contributed by atoms with van der Waals surface area (Å²) in [5.74, 6) is -2.36. The maximum Gasteiger partial charge on any atom is 0.268 e. The van der Waals surface area contributed by atoms with E-state index in [0.717, 1.165) is 31.3 Å². The third-order valence-corrected chi connectivity index (χ3v) is 6.60. The highest BCUT2D eigenvalue weighted by atomic mass is 32.2. The minimum atomic E-state index is -4.48. The van der Waals surface area contributed by atoms with E-state index in [4.69, 9.17) is 0 Å². The summed E-state index contributed by atoms with van der Waals surface area (Å²) in [6.07, 6.45) is 4.29. The second kappa shape index (κ2) is 7.59. The van der Waals surface area contributed by atoms with Crippen molar-refractivity contribution in [3.8, 4) is 0 Å². The largest absolute Gasteiger partial charge is 0.370 e. The van der Waals surface area contributed by atoms with Gasteiger partial charge in [0.2, 0.25) is 0 Å². The smallest absolute Gasteiger partial charge is 0.268 e. The monoisotopic (exact) mass is 411 g/mol. The van der Waals surface area contributed by atoms with Crippen molar-refractivity contribution in [2.45, 2.75) is 30.2 Å². The molecule has 1 fully saturated rings. The fourth-order valence-corrected chi connectivity index (χ4v) is 4.46. The molecule has 3 rings (SSSR count). The van der Waals surface area contributed by atoms with Gasteiger partial charge in [-0.3, -0.25) is 4.72 Å². The van der Waals surface area contributed by atoms with Crippen LogP contribution >= 0.6 is 0 Å². The lowest BCUT2D eigenvalue weighted by molar-refractivity contribution is 0.147. The number of piperidine rings is 1. The number of hydrogen-bond donors (Lipinski definition) is 1. The number of nitrogens with one attached hydrogen (secondary N) is 1. The lowest BCUT2D eigenvalue weighted by Gasteiger charge is -2.45. The molecule has 0 spiro atoms. The molecule has 1 N–H and O–H groups in total. The first kappa shape index (κ1) is 20.4. The summed E-state index contributed by atoms with van der Waals surface area (Å²) >= 11 is 0. The second-order valence-corrected chi connectivity index (χ2v) is 8.97. The van der Waals surface area contributed by atoms with Crippen LogP contribution in [-0.4, -0.2) is 56.0 Å². The summed E-state index contributed by atoms with van der Waals surface area (Å²) in [5, 5.41) is 0. The van der Waals surface area contributed by atoms with E-state index in [2.05, 4.69) is 26.5 Å². The minimum absolute atomic E-state index is 0.0735. The molecule has 1 aliphatic heterocycles. The van der Waals surface area contributed by atoms with Crippen LogP contribution in [0.2, 0.25) is 0 Å². The number of aromatic nitrogens is 2. The summed E-state index contributed by atoms with van der Waals surface area (Å²) in [6, 6.07) is 3.43. The number of halogens is 2. The van der Waals surface area contributed by atoms with Gasteiger partial charge in [-0.2, -0.15) is 0 Å². The zero-order valence-electron chi connectivity index (χ0n) is 16.0. The van der Waals surface area contributed by atoms with Crippen molar-refractivity contribution >= 4 is 21.5 Å². The first-order valence-corrected chi connectivity index (χ1v) is 10.3. The van der Waals surface area contributed by atoms with Crippen LogP contribution in [0.15, 0.2) is 35.6 Å². The van der Waals surface area contributed by atoms with Gasteiger partial charge in [0, 0.05) is 30.5 Å². The van der Waals surface area contributed by atoms with Crippen molar-refractivity contribution in [3.05, 3.63) is 42.4 Å². The number of anilines is 2. The predicted molar refractivity (Wildman–Crippen MR) is 103 cm³/mol. The van der Waals surface area contributed by atoms with Crippen molar-refractivity contribution < 1.29 is 17.2 Å². The Balaban J connectivity index is 1.91. The lowest BCUT2D eigenvalue weighted by atomic mass is 9.89. The van der Waals surface area contributed by atoms with Crippen LogP contribution in [-0.2, 0) is 10.0 Å². The van der Waals surface area contributed by atoms with Gasteiger partial charge in [-0.1, -0.05) is 0 Å². The van der Waals surface area contributed by atoms with Gasteiger partial charge in [-0.25, -0.2) is 27.2 Å². The molecule has 0 radical (unpaired) electrons. The van der Waals surface area contributed by atoms with Gasteiger partial charge in [-0.15, -0.1) is 0 Å². The van der Waals surface area contributed by atoms with Gasteiger partial charge in [0.25, 0.3) is 10.0 Å². The Kier molecular flexibility index (Phi) is 5.53. The normalized spacial score (nSPS) is 20.4. The third-order valence-electron chi connectivity index (χ3n) is 5.19. The highest BCUT2D eigenvalue weighted by Crippen LogP contribution is 2.32. The van der Waals surface area contributed by atoms with Crippen molar-refractivity contribution in [1.29, 1.82) is 0 Å². The molecule has 0 aliphatic carbocycles. The zero-order valence-corrected chi connectivity index (χ0v) is 16.8. The number of likely N-dealkylation sites (N-methyl/N-ethyl adjacent to an activating group) is 1. The van der Waals surface area contributed by atoms with Crippen molar-refractivity contribution in [2.24, 2.45) is 0 Å². The first-order chi connectivity index (χ1) is 13.1. The fourth-order valence-electron chi connectivity index (χ4n) is 3.33. The molecule has 7 nitrogen and oxygen atoms in total. The molecule has 1 aliphatic rings. The average Bonchev–Trinajstić information content (AvgIpc) is 2.61. The van der Waals surface area contributed by atoms with Crippen LogP contribution in [0.25, 0.3) is 0 Å². The van der Waals surface area contributed by atoms with E-state index in [1.165, 1.54) is 12.3 Å². The Morgan fingerprint density at radius 2 is 1.93 bits per heavy atom. The van der Waals surface area contributed by atoms with Crippen LogP contribution in [0.5, 0.6) is 0 Å². The van der Waals surface area contributed by atoms with Crippen LogP contribution in [0, 0.1) is 11.6 Å². The maximum absolute atomic E-state index is 14.7. The van der Waals surface area contributed by atoms with Crippen LogP contribution in [0.4, 0.5) is 20.3 Å².